The van der Waals surface area contributed by atoms with Gasteiger partial charge in [0, 0.05) is 0 Å². The summed E-state index contributed by atoms with van der Waals surface area (Å²) >= 11 is 0. The van der Waals surface area contributed by atoms with Crippen molar-refractivity contribution in [2.45, 2.75) is 30.1 Å². The molecule has 2 saturated heterocycles. The van der Waals surface area contributed by atoms with E-state index in [4.69, 9.17) is 15.2 Å². The van der Waals surface area contributed by atoms with Gasteiger partial charge in [-0.3, -0.25) is 14.3 Å². The van der Waals surface area contributed by atoms with Crippen molar-refractivity contribution in [2.75, 3.05) is 5.73 Å². The molecule has 4 heterocycles. The van der Waals surface area contributed by atoms with Crippen LogP contribution in [0.2, 0.25) is 0 Å². The van der Waals surface area contributed by atoms with Gasteiger partial charge in [0.25, 0.3) is 5.56 Å². The maximum absolute atomic E-state index is 11.7. The highest BCUT2D eigenvalue weighted by atomic mass is 16.7. The number of nitrogens with one attached hydrogen (secondary N) is 1. The monoisotopic (exact) mass is 263 g/mol. The van der Waals surface area contributed by atoms with Crippen molar-refractivity contribution in [1.29, 1.82) is 0 Å². The first-order chi connectivity index (χ1) is 9.13. The van der Waals surface area contributed by atoms with Crippen LogP contribution in [-0.2, 0) is 9.47 Å². The molecule has 2 aromatic rings. The van der Waals surface area contributed by atoms with Crippen molar-refractivity contribution in [3.8, 4) is 0 Å². The second kappa shape index (κ2) is 2.64. The fraction of sp³-hybridized carbons (Fsp3) is 0.500. The number of aliphatic hydroxyl groups is 1. The van der Waals surface area contributed by atoms with Gasteiger partial charge in [0.1, 0.15) is 18.3 Å². The summed E-state index contributed by atoms with van der Waals surface area (Å²) in [6.07, 6.45) is -0.00707. The van der Waals surface area contributed by atoms with Crippen LogP contribution in [0.1, 0.15) is 6.23 Å². The molecule has 9 heteroatoms. The van der Waals surface area contributed by atoms with E-state index >= 15 is 0 Å². The van der Waals surface area contributed by atoms with Crippen LogP contribution in [-0.4, -0.2) is 48.5 Å². The van der Waals surface area contributed by atoms with Crippen molar-refractivity contribution >= 4 is 17.1 Å². The third-order valence-electron chi connectivity index (χ3n) is 4.07. The average Bonchev–Trinajstić information content (AvgIpc) is 3.08. The second-order valence-electron chi connectivity index (χ2n) is 5.06. The summed E-state index contributed by atoms with van der Waals surface area (Å²) in [5.41, 5.74) is 5.16. The van der Waals surface area contributed by atoms with E-state index in [1.54, 1.807) is 4.57 Å². The van der Waals surface area contributed by atoms with Crippen molar-refractivity contribution in [1.82, 2.24) is 19.5 Å². The zero-order valence-electron chi connectivity index (χ0n) is 9.48. The summed E-state index contributed by atoms with van der Waals surface area (Å²) in [6, 6.07) is 0. The Labute approximate surface area is 105 Å². The molecule has 2 aromatic heterocycles. The average molecular weight is 263 g/mol. The van der Waals surface area contributed by atoms with Gasteiger partial charge >= 0.3 is 0 Å². The third-order valence-corrected chi connectivity index (χ3v) is 4.07. The van der Waals surface area contributed by atoms with Crippen LogP contribution in [0, 0.1) is 0 Å². The van der Waals surface area contributed by atoms with E-state index in [2.05, 4.69) is 15.0 Å². The first kappa shape index (κ1) is 9.89. The number of epoxide rings is 1. The minimum atomic E-state index is -0.551. The van der Waals surface area contributed by atoms with E-state index in [-0.39, 0.29) is 23.7 Å². The van der Waals surface area contributed by atoms with E-state index in [0.717, 1.165) is 0 Å². The fourth-order valence-corrected chi connectivity index (χ4v) is 3.01. The molecule has 3 aliphatic rings. The van der Waals surface area contributed by atoms with Crippen molar-refractivity contribution in [2.24, 2.45) is 0 Å². The summed E-state index contributed by atoms with van der Waals surface area (Å²) in [5.74, 6) is 0.0221. The number of ether oxygens (including phenoxy) is 2. The standard InChI is InChI=1S/C10H9N5O4/c11-9-13-6-2(7(17)14-9)12-1-15(6)8-5-10(19-5)3(16)4(10)18-8/h1,3-5,8,16H,(H3,11,13,14,17)/t3?,4-,5-,8-,10+/m1/s1. The molecule has 1 saturated carbocycles. The van der Waals surface area contributed by atoms with Crippen LogP contribution in [0.15, 0.2) is 11.1 Å². The van der Waals surface area contributed by atoms with Crippen LogP contribution in [0.4, 0.5) is 5.95 Å². The van der Waals surface area contributed by atoms with Gasteiger partial charge in [-0.1, -0.05) is 0 Å². The lowest BCUT2D eigenvalue weighted by Crippen LogP contribution is -2.20. The minimum Gasteiger partial charge on any atom is -0.387 e. The number of nitrogen functional groups attached to an aromatic ring is 1. The topological polar surface area (TPSA) is 132 Å². The predicted molar refractivity (Wildman–Crippen MR) is 60.1 cm³/mol. The number of aromatic nitrogens is 4. The highest BCUT2D eigenvalue weighted by Gasteiger charge is 2.89. The van der Waals surface area contributed by atoms with E-state index in [1.165, 1.54) is 6.33 Å². The molecule has 2 aliphatic heterocycles. The number of H-pyrrole nitrogens is 1. The Morgan fingerprint density at radius 2 is 2.37 bits per heavy atom. The number of anilines is 1. The first-order valence-electron chi connectivity index (χ1n) is 5.86. The molecule has 0 radical (unpaired) electrons. The van der Waals surface area contributed by atoms with E-state index in [9.17, 15) is 9.90 Å². The summed E-state index contributed by atoms with van der Waals surface area (Å²) in [5, 5.41) is 9.60. The van der Waals surface area contributed by atoms with Gasteiger partial charge in [-0.25, -0.2) is 4.98 Å². The number of imidazole rings is 1. The Morgan fingerprint density at radius 3 is 3.05 bits per heavy atom. The Bertz CT molecular complexity index is 784. The number of hydrogen-bond donors (Lipinski definition) is 3. The molecule has 1 aliphatic carbocycles. The molecule has 1 spiro atoms. The molecule has 3 fully saturated rings. The van der Waals surface area contributed by atoms with Gasteiger partial charge in [0.2, 0.25) is 5.95 Å². The lowest BCUT2D eigenvalue weighted by atomic mass is 10.3. The number of nitrogens with two attached hydrogens (primary N) is 1. The Balaban J connectivity index is 1.66. The smallest absolute Gasteiger partial charge is 0.280 e. The molecular formula is C10H9N5O4. The molecule has 5 atom stereocenters. The number of aromatic amines is 1. The van der Waals surface area contributed by atoms with Crippen LogP contribution in [0.5, 0.6) is 0 Å². The third kappa shape index (κ3) is 0.937. The molecule has 4 N–H and O–H groups in total. The summed E-state index contributed by atoms with van der Waals surface area (Å²) in [6.45, 7) is 0. The highest BCUT2D eigenvalue weighted by Crippen LogP contribution is 2.68. The lowest BCUT2D eigenvalue weighted by Gasteiger charge is -2.15. The highest BCUT2D eigenvalue weighted by molar-refractivity contribution is 5.70. The molecule has 9 nitrogen and oxygen atoms in total. The fourth-order valence-electron chi connectivity index (χ4n) is 3.01. The van der Waals surface area contributed by atoms with Crippen molar-refractivity contribution < 1.29 is 14.6 Å². The largest absolute Gasteiger partial charge is 0.387 e. The molecular weight excluding hydrogens is 254 g/mol. The zero-order valence-corrected chi connectivity index (χ0v) is 9.48. The summed E-state index contributed by atoms with van der Waals surface area (Å²) < 4.78 is 12.8. The molecule has 1 unspecified atom stereocenters. The predicted octanol–water partition coefficient (Wildman–Crippen LogP) is -1.89. The van der Waals surface area contributed by atoms with Crippen molar-refractivity contribution in [3.05, 3.63) is 16.7 Å². The Hall–Kier alpha value is -1.97. The van der Waals surface area contributed by atoms with Gasteiger partial charge in [-0.15, -0.1) is 0 Å². The summed E-state index contributed by atoms with van der Waals surface area (Å²) in [7, 11) is 0. The molecule has 19 heavy (non-hydrogen) atoms. The zero-order chi connectivity index (χ0) is 12.9. The maximum atomic E-state index is 11.7. The quantitative estimate of drug-likeness (QED) is 0.512. The first-order valence-corrected chi connectivity index (χ1v) is 5.86. The molecule has 0 amide bonds. The van der Waals surface area contributed by atoms with E-state index in [1.807, 2.05) is 0 Å². The number of fused-ring (bicyclic) bond motifs is 1. The molecule has 0 aromatic carbocycles. The van der Waals surface area contributed by atoms with Gasteiger partial charge in [-0.2, -0.15) is 4.98 Å². The SMILES string of the molecule is Nc1nc2c(ncn2[C@@H]2O[C@@H]3C(O)[C@]34O[C@H]24)c(=O)[nH]1. The van der Waals surface area contributed by atoms with E-state index in [0.29, 0.717) is 5.65 Å². The number of aliphatic hydroxyl groups excluding tert-OH is 1. The molecule has 5 rings (SSSR count). The minimum absolute atomic E-state index is 0.0221. The van der Waals surface area contributed by atoms with Crippen LogP contribution < -0.4 is 11.3 Å². The van der Waals surface area contributed by atoms with Gasteiger partial charge in [0.15, 0.2) is 23.0 Å². The second-order valence-corrected chi connectivity index (χ2v) is 5.06. The van der Waals surface area contributed by atoms with Crippen molar-refractivity contribution in [3.63, 3.8) is 0 Å². The number of nitrogens with zero attached hydrogens (tertiary/aromatic N) is 3. The number of rotatable bonds is 1. The van der Waals surface area contributed by atoms with Crippen LogP contribution in [0.3, 0.4) is 0 Å². The van der Waals surface area contributed by atoms with E-state index < -0.39 is 23.5 Å². The normalized spacial score (nSPS) is 42.2. The molecule has 98 valence electrons. The van der Waals surface area contributed by atoms with Gasteiger partial charge in [0.05, 0.1) is 6.33 Å². The molecule has 0 bridgehead atoms. The Morgan fingerprint density at radius 1 is 1.53 bits per heavy atom. The van der Waals surface area contributed by atoms with Gasteiger partial charge in [-0.05, 0) is 0 Å². The number of hydrogen-bond acceptors (Lipinski definition) is 7. The maximum Gasteiger partial charge on any atom is 0.280 e. The summed E-state index contributed by atoms with van der Waals surface area (Å²) in [4.78, 5) is 22.2. The Kier molecular flexibility index (Phi) is 1.38. The lowest BCUT2D eigenvalue weighted by molar-refractivity contribution is -0.0392. The van der Waals surface area contributed by atoms with Gasteiger partial charge < -0.3 is 20.3 Å². The van der Waals surface area contributed by atoms with Crippen LogP contribution in [0.25, 0.3) is 11.2 Å². The van der Waals surface area contributed by atoms with Crippen LogP contribution >= 0.6 is 0 Å².